The fourth-order valence-electron chi connectivity index (χ4n) is 2.43. The van der Waals surface area contributed by atoms with Gasteiger partial charge in [-0.25, -0.2) is 0 Å². The van der Waals surface area contributed by atoms with E-state index in [0.717, 1.165) is 18.7 Å². The average Bonchev–Trinajstić information content (AvgIpc) is 2.38. The van der Waals surface area contributed by atoms with E-state index in [1.807, 2.05) is 12.1 Å². The van der Waals surface area contributed by atoms with Gasteiger partial charge in [-0.3, -0.25) is 4.79 Å². The van der Waals surface area contributed by atoms with E-state index >= 15 is 0 Å². The summed E-state index contributed by atoms with van der Waals surface area (Å²) in [5.74, 6) is -0.0155. The largest absolute Gasteiger partial charge is 0.371 e. The molecule has 2 rings (SSSR count). The summed E-state index contributed by atoms with van der Waals surface area (Å²) in [5, 5.41) is 2.65. The van der Waals surface area contributed by atoms with Gasteiger partial charge in [0.1, 0.15) is 0 Å². The number of anilines is 1. The van der Waals surface area contributed by atoms with Crippen molar-refractivity contribution in [1.82, 2.24) is 5.32 Å². The fourth-order valence-corrected chi connectivity index (χ4v) is 2.43. The Balaban J connectivity index is 2.21. The molecule has 3 heteroatoms. The molecule has 0 spiro atoms. The van der Waals surface area contributed by atoms with E-state index in [1.165, 1.54) is 30.5 Å². The molecule has 1 fully saturated rings. The number of piperidine rings is 1. The third kappa shape index (κ3) is 2.60. The van der Waals surface area contributed by atoms with E-state index in [2.05, 4.69) is 23.2 Å². The van der Waals surface area contributed by atoms with E-state index in [4.69, 9.17) is 0 Å². The summed E-state index contributed by atoms with van der Waals surface area (Å²) in [4.78, 5) is 14.0. The number of hydrogen-bond donors (Lipinski definition) is 1. The molecule has 1 aromatic rings. The number of aryl methyl sites for hydroxylation is 1. The van der Waals surface area contributed by atoms with Crippen molar-refractivity contribution in [3.05, 3.63) is 29.3 Å². The molecule has 0 bridgehead atoms. The molecular formula is C14H20N2O. The SMILES string of the molecule is CNC(=O)c1ccc(N2CCCCC2)c(C)c1. The number of benzene rings is 1. The lowest BCUT2D eigenvalue weighted by atomic mass is 10.1. The van der Waals surface area contributed by atoms with Crippen LogP contribution in [0.4, 0.5) is 5.69 Å². The van der Waals surface area contributed by atoms with Crippen LogP contribution >= 0.6 is 0 Å². The van der Waals surface area contributed by atoms with Gasteiger partial charge in [0.25, 0.3) is 5.91 Å². The van der Waals surface area contributed by atoms with Crippen LogP contribution in [0, 0.1) is 6.92 Å². The number of carbonyl (C=O) groups excluding carboxylic acids is 1. The molecule has 3 nitrogen and oxygen atoms in total. The number of amides is 1. The van der Waals surface area contributed by atoms with Gasteiger partial charge in [-0.2, -0.15) is 0 Å². The van der Waals surface area contributed by atoms with Gasteiger partial charge in [-0.05, 0) is 49.9 Å². The molecule has 0 aliphatic carbocycles. The zero-order valence-electron chi connectivity index (χ0n) is 10.6. The monoisotopic (exact) mass is 232 g/mol. The molecule has 0 saturated carbocycles. The standard InChI is InChI=1S/C14H20N2O/c1-11-10-12(14(17)15-2)6-7-13(11)16-8-4-3-5-9-16/h6-7,10H,3-5,8-9H2,1-2H3,(H,15,17). The van der Waals surface area contributed by atoms with Crippen LogP contribution in [0.15, 0.2) is 18.2 Å². The minimum atomic E-state index is -0.0155. The quantitative estimate of drug-likeness (QED) is 0.849. The molecule has 0 atom stereocenters. The molecule has 1 heterocycles. The molecular weight excluding hydrogens is 212 g/mol. The Kier molecular flexibility index (Phi) is 3.67. The first kappa shape index (κ1) is 12.0. The van der Waals surface area contributed by atoms with Gasteiger partial charge in [0.15, 0.2) is 0 Å². The minimum Gasteiger partial charge on any atom is -0.371 e. The highest BCUT2D eigenvalue weighted by molar-refractivity contribution is 5.94. The number of nitrogens with one attached hydrogen (secondary N) is 1. The maximum Gasteiger partial charge on any atom is 0.251 e. The van der Waals surface area contributed by atoms with Crippen LogP contribution in [-0.2, 0) is 0 Å². The van der Waals surface area contributed by atoms with Gasteiger partial charge in [-0.15, -0.1) is 0 Å². The summed E-state index contributed by atoms with van der Waals surface area (Å²) in [6.07, 6.45) is 3.89. The Bertz CT molecular complexity index is 409. The van der Waals surface area contributed by atoms with Gasteiger partial charge in [0.05, 0.1) is 0 Å². The highest BCUT2D eigenvalue weighted by Crippen LogP contribution is 2.24. The highest BCUT2D eigenvalue weighted by atomic mass is 16.1. The van der Waals surface area contributed by atoms with Gasteiger partial charge in [-0.1, -0.05) is 0 Å². The molecule has 1 aliphatic rings. The summed E-state index contributed by atoms with van der Waals surface area (Å²) in [6, 6.07) is 5.96. The average molecular weight is 232 g/mol. The third-order valence-electron chi connectivity index (χ3n) is 3.38. The van der Waals surface area contributed by atoms with Crippen molar-refractivity contribution in [1.29, 1.82) is 0 Å². The zero-order valence-corrected chi connectivity index (χ0v) is 10.6. The van der Waals surface area contributed by atoms with Crippen molar-refractivity contribution in [3.8, 4) is 0 Å². The van der Waals surface area contributed by atoms with Crippen LogP contribution in [0.2, 0.25) is 0 Å². The number of rotatable bonds is 2. The minimum absolute atomic E-state index is 0.0155. The highest BCUT2D eigenvalue weighted by Gasteiger charge is 2.14. The molecule has 1 aromatic carbocycles. The second kappa shape index (κ2) is 5.21. The molecule has 0 unspecified atom stereocenters. The topological polar surface area (TPSA) is 32.3 Å². The van der Waals surface area contributed by atoms with Crippen LogP contribution in [0.25, 0.3) is 0 Å². The van der Waals surface area contributed by atoms with Crippen molar-refractivity contribution in [2.24, 2.45) is 0 Å². The third-order valence-corrected chi connectivity index (χ3v) is 3.38. The van der Waals surface area contributed by atoms with Crippen LogP contribution in [0.5, 0.6) is 0 Å². The van der Waals surface area contributed by atoms with Gasteiger partial charge in [0.2, 0.25) is 0 Å². The lowest BCUT2D eigenvalue weighted by Gasteiger charge is -2.30. The summed E-state index contributed by atoms with van der Waals surface area (Å²) in [7, 11) is 1.66. The Morgan fingerprint density at radius 3 is 2.53 bits per heavy atom. The zero-order chi connectivity index (χ0) is 12.3. The first-order valence-corrected chi connectivity index (χ1v) is 6.30. The smallest absolute Gasteiger partial charge is 0.251 e. The summed E-state index contributed by atoms with van der Waals surface area (Å²) < 4.78 is 0. The second-order valence-electron chi connectivity index (χ2n) is 4.63. The van der Waals surface area contributed by atoms with E-state index < -0.39 is 0 Å². The maximum absolute atomic E-state index is 11.5. The van der Waals surface area contributed by atoms with E-state index in [1.54, 1.807) is 7.05 Å². The van der Waals surface area contributed by atoms with E-state index in [-0.39, 0.29) is 5.91 Å². The van der Waals surface area contributed by atoms with Crippen LogP contribution in [0.3, 0.4) is 0 Å². The van der Waals surface area contributed by atoms with E-state index in [0.29, 0.717) is 0 Å². The normalized spacial score (nSPS) is 15.8. The molecule has 0 radical (unpaired) electrons. The number of nitrogens with zero attached hydrogens (tertiary/aromatic N) is 1. The van der Waals surface area contributed by atoms with Crippen LogP contribution in [-0.4, -0.2) is 26.0 Å². The van der Waals surface area contributed by atoms with Crippen molar-refractivity contribution < 1.29 is 4.79 Å². The Labute approximate surface area is 103 Å². The Morgan fingerprint density at radius 1 is 1.24 bits per heavy atom. The maximum atomic E-state index is 11.5. The van der Waals surface area contributed by atoms with Gasteiger partial charge >= 0.3 is 0 Å². The van der Waals surface area contributed by atoms with E-state index in [9.17, 15) is 4.79 Å². The Hall–Kier alpha value is -1.51. The van der Waals surface area contributed by atoms with Crippen LogP contribution < -0.4 is 10.2 Å². The van der Waals surface area contributed by atoms with Crippen molar-refractivity contribution >= 4 is 11.6 Å². The summed E-state index contributed by atoms with van der Waals surface area (Å²) in [5.41, 5.74) is 3.20. The molecule has 1 aliphatic heterocycles. The second-order valence-corrected chi connectivity index (χ2v) is 4.63. The lowest BCUT2D eigenvalue weighted by molar-refractivity contribution is 0.0963. The summed E-state index contributed by atoms with van der Waals surface area (Å²) in [6.45, 7) is 4.36. The molecule has 17 heavy (non-hydrogen) atoms. The van der Waals surface area contributed by atoms with Crippen LogP contribution in [0.1, 0.15) is 35.2 Å². The summed E-state index contributed by atoms with van der Waals surface area (Å²) >= 11 is 0. The van der Waals surface area contributed by atoms with Crippen molar-refractivity contribution in [2.45, 2.75) is 26.2 Å². The Morgan fingerprint density at radius 2 is 1.94 bits per heavy atom. The van der Waals surface area contributed by atoms with Gasteiger partial charge < -0.3 is 10.2 Å². The van der Waals surface area contributed by atoms with Gasteiger partial charge in [0, 0.05) is 31.4 Å². The number of carbonyl (C=O) groups is 1. The fraction of sp³-hybridized carbons (Fsp3) is 0.500. The first-order chi connectivity index (χ1) is 8.22. The molecule has 0 aromatic heterocycles. The van der Waals surface area contributed by atoms with Crippen molar-refractivity contribution in [3.63, 3.8) is 0 Å². The molecule has 92 valence electrons. The predicted molar refractivity (Wildman–Crippen MR) is 70.6 cm³/mol. The molecule has 1 N–H and O–H groups in total. The van der Waals surface area contributed by atoms with Crippen molar-refractivity contribution in [2.75, 3.05) is 25.0 Å². The molecule has 1 amide bonds. The lowest BCUT2D eigenvalue weighted by Crippen LogP contribution is -2.30. The predicted octanol–water partition coefficient (Wildman–Crippen LogP) is 2.34. The molecule has 1 saturated heterocycles. The first-order valence-electron chi connectivity index (χ1n) is 6.30. The number of hydrogen-bond acceptors (Lipinski definition) is 2.